The van der Waals surface area contributed by atoms with Crippen molar-refractivity contribution in [2.45, 2.75) is 90.2 Å². The van der Waals surface area contributed by atoms with Gasteiger partial charge in [-0.1, -0.05) is 54.9 Å². The number of Topliss-reactive ketones (excluding diaryl/α,β-unsaturated/α-hetero) is 1. The number of carboxylic acid groups (broad SMARTS) is 1. The van der Waals surface area contributed by atoms with Gasteiger partial charge in [0.05, 0.1) is 5.71 Å². The molecule has 7 atom stereocenters. The average molecular weight is 551 g/mol. The maximum atomic E-state index is 12.5. The number of carbonyl (C=O) groups is 3. The second kappa shape index (κ2) is 10.8. The third kappa shape index (κ3) is 4.89. The number of aliphatic carboxylic acids is 1. The number of nitrogens with one attached hydrogen (secondary N) is 1. The number of carboxylic acids is 1. The van der Waals surface area contributed by atoms with Crippen molar-refractivity contribution in [1.82, 2.24) is 5.32 Å². The lowest BCUT2D eigenvalue weighted by atomic mass is 9.46. The molecule has 3 N–H and O–H groups in total. The molecule has 40 heavy (non-hydrogen) atoms. The van der Waals surface area contributed by atoms with E-state index in [0.29, 0.717) is 24.2 Å². The van der Waals surface area contributed by atoms with Crippen LogP contribution in [0.1, 0.15) is 77.7 Å². The van der Waals surface area contributed by atoms with E-state index in [0.717, 1.165) is 56.2 Å². The molecule has 8 heteroatoms. The van der Waals surface area contributed by atoms with Gasteiger partial charge < -0.3 is 20.4 Å². The zero-order chi connectivity index (χ0) is 28.7. The van der Waals surface area contributed by atoms with Crippen molar-refractivity contribution in [2.24, 2.45) is 33.7 Å². The van der Waals surface area contributed by atoms with Crippen LogP contribution < -0.4 is 5.32 Å². The lowest BCUT2D eigenvalue weighted by Crippen LogP contribution is -2.57. The number of oxime groups is 1. The molecule has 4 aliphatic rings. The van der Waals surface area contributed by atoms with E-state index in [9.17, 15) is 24.6 Å². The number of hydrogen-bond acceptors (Lipinski definition) is 6. The number of hydrogen-bond donors (Lipinski definition) is 3. The summed E-state index contributed by atoms with van der Waals surface area (Å²) >= 11 is 0. The maximum absolute atomic E-state index is 12.5. The highest BCUT2D eigenvalue weighted by Gasteiger charge is 2.65. The number of amides is 1. The number of benzene rings is 1. The average Bonchev–Trinajstić information content (AvgIpc) is 3.20. The van der Waals surface area contributed by atoms with Gasteiger partial charge in [0.2, 0.25) is 0 Å². The second-order valence-corrected chi connectivity index (χ2v) is 12.9. The quantitative estimate of drug-likeness (QED) is 0.411. The molecule has 0 bridgehead atoms. The van der Waals surface area contributed by atoms with Gasteiger partial charge in [0.25, 0.3) is 5.91 Å². The van der Waals surface area contributed by atoms with Gasteiger partial charge in [-0.05, 0) is 93.1 Å². The zero-order valence-corrected chi connectivity index (χ0v) is 23.8. The fraction of sp³-hybridized carbons (Fsp3) is 0.625. The zero-order valence-electron chi connectivity index (χ0n) is 23.8. The summed E-state index contributed by atoms with van der Waals surface area (Å²) < 4.78 is 0. The fourth-order valence-electron chi connectivity index (χ4n) is 8.70. The topological polar surface area (TPSA) is 125 Å². The Kier molecular flexibility index (Phi) is 7.68. The van der Waals surface area contributed by atoms with Crippen LogP contribution in [0.2, 0.25) is 0 Å². The Bertz CT molecular complexity index is 1230. The summed E-state index contributed by atoms with van der Waals surface area (Å²) in [6.07, 6.45) is 9.42. The first-order valence-electron chi connectivity index (χ1n) is 14.7. The first-order chi connectivity index (χ1) is 19.0. The van der Waals surface area contributed by atoms with Crippen LogP contribution in [-0.4, -0.2) is 51.8 Å². The van der Waals surface area contributed by atoms with Gasteiger partial charge in [-0.15, -0.1) is 0 Å². The molecule has 3 fully saturated rings. The number of rotatable bonds is 8. The molecular weight excluding hydrogens is 508 g/mol. The summed E-state index contributed by atoms with van der Waals surface area (Å²) in [5, 5.41) is 27.7. The molecule has 0 heterocycles. The van der Waals surface area contributed by atoms with E-state index in [2.05, 4.69) is 30.4 Å². The molecule has 4 aliphatic carbocycles. The Morgan fingerprint density at radius 1 is 1.05 bits per heavy atom. The van der Waals surface area contributed by atoms with Gasteiger partial charge in [0, 0.05) is 11.8 Å². The molecule has 216 valence electrons. The Morgan fingerprint density at radius 3 is 2.48 bits per heavy atom. The molecule has 0 aromatic heterocycles. The number of ketones is 1. The molecule has 0 unspecified atom stereocenters. The van der Waals surface area contributed by atoms with Crippen molar-refractivity contribution < 1.29 is 29.4 Å². The maximum Gasteiger partial charge on any atom is 0.326 e. The van der Waals surface area contributed by atoms with Crippen LogP contribution >= 0.6 is 0 Å². The molecule has 1 amide bonds. The first-order valence-corrected chi connectivity index (χ1v) is 14.7. The molecule has 5 rings (SSSR count). The van der Waals surface area contributed by atoms with Crippen LogP contribution in [0.25, 0.3) is 0 Å². The smallest absolute Gasteiger partial charge is 0.326 e. The van der Waals surface area contributed by atoms with Gasteiger partial charge in [0.15, 0.2) is 12.4 Å². The Morgan fingerprint density at radius 2 is 1.77 bits per heavy atom. The Labute approximate surface area is 236 Å². The van der Waals surface area contributed by atoms with Crippen LogP contribution in [0.15, 0.2) is 47.1 Å². The standard InChI is InChI=1S/C32H42N2O6/c1-20(35)32(39)16-13-26-24-10-9-22-18-23(11-14-30(22,2)25(24)12-15-31(26,32)3)34-40-19-28(36)33-27(29(37)38)17-21-7-5-4-6-8-21/h4-8,18,24-27,39H,9-17,19H2,1-3H3,(H,33,36)(H,37,38)/t24-,25+,26+,27-,30+,31+,32+/m1/s1. The van der Waals surface area contributed by atoms with Gasteiger partial charge in [-0.2, -0.15) is 0 Å². The summed E-state index contributed by atoms with van der Waals surface area (Å²) in [6.45, 7) is 5.72. The highest BCUT2D eigenvalue weighted by molar-refractivity contribution is 5.96. The summed E-state index contributed by atoms with van der Waals surface area (Å²) in [7, 11) is 0. The van der Waals surface area contributed by atoms with E-state index in [1.165, 1.54) is 5.57 Å². The molecule has 1 aromatic carbocycles. The molecular formula is C32H42N2O6. The van der Waals surface area contributed by atoms with Gasteiger partial charge in [-0.3, -0.25) is 9.59 Å². The molecule has 0 aliphatic heterocycles. The SMILES string of the molecule is CC(=O)[C@@]1(O)CC[C@H]2[C@@H]3CCC4=CC(=NOCC(=O)N[C@H](Cc5ccccc5)C(=O)O)CC[C@]4(C)[C@H]3CC[C@@]21C. The van der Waals surface area contributed by atoms with Gasteiger partial charge in [-0.25, -0.2) is 4.79 Å². The number of nitrogens with zero attached hydrogens (tertiary/aromatic N) is 1. The predicted molar refractivity (Wildman–Crippen MR) is 150 cm³/mol. The van der Waals surface area contributed by atoms with Crippen molar-refractivity contribution >= 4 is 23.4 Å². The van der Waals surface area contributed by atoms with Crippen molar-refractivity contribution in [3.8, 4) is 0 Å². The van der Waals surface area contributed by atoms with E-state index in [1.807, 2.05) is 30.3 Å². The van der Waals surface area contributed by atoms with E-state index in [-0.39, 0.29) is 29.6 Å². The first kappa shape index (κ1) is 28.5. The van der Waals surface area contributed by atoms with Crippen LogP contribution in [0, 0.1) is 28.6 Å². The van der Waals surface area contributed by atoms with Crippen LogP contribution in [-0.2, 0) is 25.6 Å². The molecule has 1 aromatic rings. The minimum atomic E-state index is -1.19. The van der Waals surface area contributed by atoms with Crippen LogP contribution in [0.3, 0.4) is 0 Å². The second-order valence-electron chi connectivity index (χ2n) is 12.9. The fourth-order valence-corrected chi connectivity index (χ4v) is 8.70. The minimum absolute atomic E-state index is 0.0592. The van der Waals surface area contributed by atoms with E-state index in [1.54, 1.807) is 6.92 Å². The molecule has 0 spiro atoms. The number of aliphatic hydroxyl groups is 1. The summed E-state index contributed by atoms with van der Waals surface area (Å²) in [4.78, 5) is 41.9. The predicted octanol–water partition coefficient (Wildman–Crippen LogP) is 4.45. The monoisotopic (exact) mass is 550 g/mol. The highest BCUT2D eigenvalue weighted by atomic mass is 16.6. The normalized spacial score (nSPS) is 36.5. The minimum Gasteiger partial charge on any atom is -0.480 e. The van der Waals surface area contributed by atoms with Crippen molar-refractivity contribution in [2.75, 3.05) is 6.61 Å². The van der Waals surface area contributed by atoms with Crippen molar-refractivity contribution in [3.63, 3.8) is 0 Å². The number of fused-ring (bicyclic) bond motifs is 5. The van der Waals surface area contributed by atoms with E-state index >= 15 is 0 Å². The Hall–Kier alpha value is -3.00. The highest BCUT2D eigenvalue weighted by Crippen LogP contribution is 2.67. The Balaban J connectivity index is 1.20. The number of allylic oxidation sites excluding steroid dienone is 2. The van der Waals surface area contributed by atoms with Crippen LogP contribution in [0.5, 0.6) is 0 Å². The molecule has 8 nitrogen and oxygen atoms in total. The summed E-state index contributed by atoms with van der Waals surface area (Å²) in [5.74, 6) is -0.306. The van der Waals surface area contributed by atoms with Gasteiger partial charge >= 0.3 is 5.97 Å². The molecule has 0 radical (unpaired) electrons. The molecule has 0 saturated heterocycles. The van der Waals surface area contributed by atoms with Gasteiger partial charge in [0.1, 0.15) is 11.6 Å². The molecule has 3 saturated carbocycles. The summed E-state index contributed by atoms with van der Waals surface area (Å²) in [5.41, 5.74) is 1.54. The lowest BCUT2D eigenvalue weighted by Gasteiger charge is -2.59. The lowest BCUT2D eigenvalue weighted by molar-refractivity contribution is -0.159. The number of carbonyl (C=O) groups excluding carboxylic acids is 2. The van der Waals surface area contributed by atoms with E-state index < -0.39 is 23.5 Å². The van der Waals surface area contributed by atoms with Crippen LogP contribution in [0.4, 0.5) is 0 Å². The van der Waals surface area contributed by atoms with E-state index in [4.69, 9.17) is 4.84 Å². The van der Waals surface area contributed by atoms with Crippen molar-refractivity contribution in [3.05, 3.63) is 47.5 Å². The summed E-state index contributed by atoms with van der Waals surface area (Å²) in [6, 6.07) is 8.14. The third-order valence-corrected chi connectivity index (χ3v) is 11.0. The largest absolute Gasteiger partial charge is 0.480 e. The van der Waals surface area contributed by atoms with Crippen molar-refractivity contribution in [1.29, 1.82) is 0 Å². The third-order valence-electron chi connectivity index (χ3n) is 11.0.